The van der Waals surface area contributed by atoms with Crippen LogP contribution in [0.1, 0.15) is 15.9 Å². The molecule has 8 nitrogen and oxygen atoms in total. The summed E-state index contributed by atoms with van der Waals surface area (Å²) in [5.41, 5.74) is 3.22. The van der Waals surface area contributed by atoms with Crippen molar-refractivity contribution in [3.8, 4) is 51.0 Å². The standard InChI is InChI=1S/C29H26O8S/c1-34-27-16-23(29(35-2)24(17-30)28(27)20-9-12-22(31)13-10-20)21-11-14-25(26(15-21)37-38(3,32)33)36-18-19-7-5-4-6-8-19/h4-17,31H,18H2,1-3H3. The summed E-state index contributed by atoms with van der Waals surface area (Å²) in [5, 5.41) is 9.69. The van der Waals surface area contributed by atoms with Gasteiger partial charge in [0.05, 0.1) is 26.0 Å². The SMILES string of the molecule is COc1cc(-c2ccc(OCc3ccccc3)c(OS(C)(=O)=O)c2)c(OC)c(C=O)c1-c1ccc(O)cc1. The van der Waals surface area contributed by atoms with Crippen molar-refractivity contribution in [2.45, 2.75) is 6.61 Å². The molecule has 0 aliphatic heterocycles. The monoisotopic (exact) mass is 534 g/mol. The highest BCUT2D eigenvalue weighted by atomic mass is 32.2. The summed E-state index contributed by atoms with van der Waals surface area (Å²) >= 11 is 0. The van der Waals surface area contributed by atoms with Gasteiger partial charge in [0.25, 0.3) is 0 Å². The van der Waals surface area contributed by atoms with E-state index in [1.54, 1.807) is 30.3 Å². The molecule has 196 valence electrons. The third kappa shape index (κ3) is 5.90. The minimum atomic E-state index is -3.88. The average molecular weight is 535 g/mol. The number of ether oxygens (including phenoxy) is 3. The van der Waals surface area contributed by atoms with Crippen LogP contribution in [0.5, 0.6) is 28.7 Å². The first-order chi connectivity index (χ1) is 18.2. The van der Waals surface area contributed by atoms with Crippen molar-refractivity contribution in [2.75, 3.05) is 20.5 Å². The molecule has 4 aromatic rings. The first kappa shape index (κ1) is 26.6. The number of phenols is 1. The van der Waals surface area contributed by atoms with Gasteiger partial charge in [0, 0.05) is 11.1 Å². The summed E-state index contributed by atoms with van der Waals surface area (Å²) in [6.07, 6.45) is 1.61. The molecule has 0 heterocycles. The van der Waals surface area contributed by atoms with Crippen molar-refractivity contribution in [1.29, 1.82) is 0 Å². The van der Waals surface area contributed by atoms with Crippen molar-refractivity contribution < 1.29 is 36.7 Å². The van der Waals surface area contributed by atoms with Crippen LogP contribution >= 0.6 is 0 Å². The molecule has 9 heteroatoms. The molecule has 0 aliphatic rings. The van der Waals surface area contributed by atoms with Crippen LogP contribution in [0.3, 0.4) is 0 Å². The Morgan fingerprint density at radius 3 is 2.11 bits per heavy atom. The quantitative estimate of drug-likeness (QED) is 0.211. The van der Waals surface area contributed by atoms with Crippen LogP contribution in [-0.2, 0) is 16.7 Å². The van der Waals surface area contributed by atoms with E-state index in [2.05, 4.69) is 0 Å². The molecule has 0 aromatic heterocycles. The Hall–Kier alpha value is -4.50. The Labute approximate surface area is 221 Å². The van der Waals surface area contributed by atoms with Crippen LogP contribution in [0.15, 0.2) is 78.9 Å². The number of rotatable bonds is 10. The maximum absolute atomic E-state index is 12.3. The molecule has 0 bridgehead atoms. The number of carbonyl (C=O) groups excluding carboxylic acids is 1. The molecule has 38 heavy (non-hydrogen) atoms. The fraction of sp³-hybridized carbons (Fsp3) is 0.138. The highest BCUT2D eigenvalue weighted by Crippen LogP contribution is 2.46. The van der Waals surface area contributed by atoms with Gasteiger partial charge in [0.2, 0.25) is 0 Å². The van der Waals surface area contributed by atoms with Crippen molar-refractivity contribution in [3.63, 3.8) is 0 Å². The summed E-state index contributed by atoms with van der Waals surface area (Å²) < 4.78 is 46.5. The smallest absolute Gasteiger partial charge is 0.306 e. The average Bonchev–Trinajstić information content (AvgIpc) is 2.91. The van der Waals surface area contributed by atoms with Crippen molar-refractivity contribution >= 4 is 16.4 Å². The van der Waals surface area contributed by atoms with E-state index in [9.17, 15) is 18.3 Å². The second-order valence-corrected chi connectivity index (χ2v) is 9.91. The molecule has 0 unspecified atom stereocenters. The molecule has 0 radical (unpaired) electrons. The molecule has 0 fully saturated rings. The zero-order chi connectivity index (χ0) is 27.3. The highest BCUT2D eigenvalue weighted by molar-refractivity contribution is 7.86. The minimum Gasteiger partial charge on any atom is -0.508 e. The van der Waals surface area contributed by atoms with Crippen LogP contribution < -0.4 is 18.4 Å². The van der Waals surface area contributed by atoms with E-state index in [-0.39, 0.29) is 35.2 Å². The molecule has 4 aromatic carbocycles. The number of methoxy groups -OCH3 is 2. The Balaban J connectivity index is 1.85. The van der Waals surface area contributed by atoms with Gasteiger partial charge in [-0.05, 0) is 47.0 Å². The number of phenolic OH excluding ortho intramolecular Hbond substituents is 1. The lowest BCUT2D eigenvalue weighted by atomic mass is 9.92. The normalized spacial score (nSPS) is 11.0. The number of aldehydes is 1. The van der Waals surface area contributed by atoms with Gasteiger partial charge in [-0.3, -0.25) is 4.79 Å². The molecule has 0 aliphatic carbocycles. The molecule has 0 spiro atoms. The van der Waals surface area contributed by atoms with E-state index in [0.29, 0.717) is 34.3 Å². The third-order valence-corrected chi connectivity index (χ3v) is 6.19. The molecule has 0 amide bonds. The van der Waals surface area contributed by atoms with E-state index >= 15 is 0 Å². The number of hydrogen-bond donors (Lipinski definition) is 1. The maximum Gasteiger partial charge on any atom is 0.306 e. The van der Waals surface area contributed by atoms with E-state index in [4.69, 9.17) is 18.4 Å². The summed E-state index contributed by atoms with van der Waals surface area (Å²) in [4.78, 5) is 12.3. The summed E-state index contributed by atoms with van der Waals surface area (Å²) in [6.45, 7) is 0.202. The predicted octanol–water partition coefficient (Wildman–Crippen LogP) is 5.47. The van der Waals surface area contributed by atoms with Gasteiger partial charge in [-0.1, -0.05) is 48.5 Å². The summed E-state index contributed by atoms with van der Waals surface area (Å²) in [5.74, 6) is 0.926. The van der Waals surface area contributed by atoms with Crippen LogP contribution in [0.4, 0.5) is 0 Å². The van der Waals surface area contributed by atoms with Gasteiger partial charge >= 0.3 is 10.1 Å². The van der Waals surface area contributed by atoms with Crippen LogP contribution in [0.25, 0.3) is 22.3 Å². The molecule has 1 N–H and O–H groups in total. The Bertz CT molecular complexity index is 1550. The topological polar surface area (TPSA) is 108 Å². The zero-order valence-electron chi connectivity index (χ0n) is 21.0. The maximum atomic E-state index is 12.3. The summed E-state index contributed by atoms with van der Waals surface area (Å²) in [6, 6.07) is 22.3. The Kier molecular flexibility index (Phi) is 7.87. The lowest BCUT2D eigenvalue weighted by molar-refractivity contribution is 0.112. The zero-order valence-corrected chi connectivity index (χ0v) is 21.8. The largest absolute Gasteiger partial charge is 0.508 e. The highest BCUT2D eigenvalue weighted by Gasteiger charge is 2.23. The molecule has 4 rings (SSSR count). The fourth-order valence-electron chi connectivity index (χ4n) is 4.05. The lowest BCUT2D eigenvalue weighted by Crippen LogP contribution is -2.08. The first-order valence-electron chi connectivity index (χ1n) is 11.5. The van der Waals surface area contributed by atoms with Gasteiger partial charge in [-0.15, -0.1) is 0 Å². The number of benzene rings is 4. The third-order valence-electron chi connectivity index (χ3n) is 5.71. The van der Waals surface area contributed by atoms with Gasteiger partial charge in [-0.2, -0.15) is 8.42 Å². The second-order valence-electron chi connectivity index (χ2n) is 8.34. The molecular formula is C29H26O8S. The van der Waals surface area contributed by atoms with Crippen molar-refractivity contribution in [2.24, 2.45) is 0 Å². The van der Waals surface area contributed by atoms with Crippen LogP contribution in [-0.4, -0.2) is 40.3 Å². The van der Waals surface area contributed by atoms with Gasteiger partial charge in [0.15, 0.2) is 17.8 Å². The number of carbonyl (C=O) groups is 1. The van der Waals surface area contributed by atoms with Crippen LogP contribution in [0, 0.1) is 0 Å². The second kappa shape index (κ2) is 11.3. The van der Waals surface area contributed by atoms with Crippen molar-refractivity contribution in [3.05, 3.63) is 90.0 Å². The molecule has 0 saturated carbocycles. The van der Waals surface area contributed by atoms with E-state index in [0.717, 1.165) is 11.8 Å². The summed E-state index contributed by atoms with van der Waals surface area (Å²) in [7, 11) is -0.972. The molecule has 0 atom stereocenters. The fourth-order valence-corrected chi connectivity index (χ4v) is 4.51. The number of hydrogen-bond acceptors (Lipinski definition) is 8. The van der Waals surface area contributed by atoms with Crippen LogP contribution in [0.2, 0.25) is 0 Å². The van der Waals surface area contributed by atoms with Gasteiger partial charge < -0.3 is 23.5 Å². The molecule has 0 saturated heterocycles. The van der Waals surface area contributed by atoms with Crippen molar-refractivity contribution in [1.82, 2.24) is 0 Å². The predicted molar refractivity (Wildman–Crippen MR) is 144 cm³/mol. The van der Waals surface area contributed by atoms with Gasteiger partial charge in [-0.25, -0.2) is 0 Å². The van der Waals surface area contributed by atoms with E-state index < -0.39 is 10.1 Å². The van der Waals surface area contributed by atoms with E-state index in [1.165, 1.54) is 32.4 Å². The molecular weight excluding hydrogens is 508 g/mol. The first-order valence-corrected chi connectivity index (χ1v) is 13.3. The number of aromatic hydroxyl groups is 1. The Morgan fingerprint density at radius 2 is 1.50 bits per heavy atom. The Morgan fingerprint density at radius 1 is 0.816 bits per heavy atom. The minimum absolute atomic E-state index is 0.0165. The lowest BCUT2D eigenvalue weighted by Gasteiger charge is -2.19. The van der Waals surface area contributed by atoms with E-state index in [1.807, 2.05) is 30.3 Å². The van der Waals surface area contributed by atoms with Gasteiger partial charge in [0.1, 0.15) is 23.9 Å².